The minimum absolute atomic E-state index is 0.0547. The fourth-order valence-electron chi connectivity index (χ4n) is 5.95. The number of nitrogen functional groups attached to an aromatic ring is 1. The van der Waals surface area contributed by atoms with E-state index in [1.165, 1.54) is 6.07 Å². The summed E-state index contributed by atoms with van der Waals surface area (Å²) in [7, 11) is 0. The lowest BCUT2D eigenvalue weighted by Crippen LogP contribution is -2.38. The van der Waals surface area contributed by atoms with E-state index in [1.54, 1.807) is 12.3 Å². The molecule has 2 heterocycles. The molecule has 0 aliphatic carbocycles. The van der Waals surface area contributed by atoms with Crippen LogP contribution < -0.4 is 5.73 Å². The smallest absolute Gasteiger partial charge is 0.244 e. The van der Waals surface area contributed by atoms with Crippen LogP contribution in [0, 0.1) is 5.82 Å². The lowest BCUT2D eigenvalue weighted by molar-refractivity contribution is -0.0268. The van der Waals surface area contributed by atoms with E-state index < -0.39 is 17.6 Å². The first-order valence-electron chi connectivity index (χ1n) is 14.5. The highest BCUT2D eigenvalue weighted by atomic mass is 19.1. The number of nitrogens with zero attached hydrogens (tertiary/aromatic N) is 2. The number of aromatic nitrogens is 2. The SMILES string of the molecule is Nc1cc2c(C=CC3=COC(Cc4ccccc4)O3)nn(C(c3ccccc3)(c3ccccc3)c3ccccc3)c2cc1F. The Morgan fingerprint density at radius 1 is 0.750 bits per heavy atom. The summed E-state index contributed by atoms with van der Waals surface area (Å²) in [6.07, 6.45) is 5.50. The van der Waals surface area contributed by atoms with Crippen LogP contribution in [-0.2, 0) is 21.4 Å². The van der Waals surface area contributed by atoms with Gasteiger partial charge >= 0.3 is 0 Å². The molecule has 6 heteroatoms. The summed E-state index contributed by atoms with van der Waals surface area (Å²) >= 11 is 0. The maximum atomic E-state index is 15.3. The molecule has 1 unspecified atom stereocenters. The van der Waals surface area contributed by atoms with E-state index in [-0.39, 0.29) is 5.69 Å². The van der Waals surface area contributed by atoms with E-state index >= 15 is 4.39 Å². The molecule has 216 valence electrons. The van der Waals surface area contributed by atoms with Crippen LogP contribution in [-0.4, -0.2) is 16.1 Å². The predicted molar refractivity (Wildman–Crippen MR) is 172 cm³/mol. The van der Waals surface area contributed by atoms with E-state index in [2.05, 4.69) is 36.4 Å². The zero-order valence-electron chi connectivity index (χ0n) is 23.9. The molecule has 1 aromatic heterocycles. The second-order valence-corrected chi connectivity index (χ2v) is 10.7. The summed E-state index contributed by atoms with van der Waals surface area (Å²) in [4.78, 5) is 0. The molecule has 7 rings (SSSR count). The average Bonchev–Trinajstić information content (AvgIpc) is 3.67. The molecule has 1 atom stereocenters. The normalized spacial score (nSPS) is 14.8. The van der Waals surface area contributed by atoms with Crippen molar-refractivity contribution in [1.82, 2.24) is 9.78 Å². The third-order valence-corrected chi connectivity index (χ3v) is 7.97. The van der Waals surface area contributed by atoms with Crippen LogP contribution in [0.2, 0.25) is 0 Å². The number of hydrogen-bond donors (Lipinski definition) is 1. The Hall–Kier alpha value is -5.62. The van der Waals surface area contributed by atoms with E-state index in [9.17, 15) is 0 Å². The maximum absolute atomic E-state index is 15.3. The molecule has 0 spiro atoms. The number of rotatable bonds is 8. The van der Waals surface area contributed by atoms with Crippen LogP contribution >= 0.6 is 0 Å². The molecule has 0 radical (unpaired) electrons. The van der Waals surface area contributed by atoms with Gasteiger partial charge in [0.25, 0.3) is 0 Å². The number of ether oxygens (including phenoxy) is 2. The fraction of sp³-hybridized carbons (Fsp3) is 0.0789. The number of hydrogen-bond acceptors (Lipinski definition) is 4. The number of benzene rings is 5. The van der Waals surface area contributed by atoms with Crippen molar-refractivity contribution in [3.8, 4) is 0 Å². The minimum Gasteiger partial charge on any atom is -0.458 e. The maximum Gasteiger partial charge on any atom is 0.244 e. The molecule has 44 heavy (non-hydrogen) atoms. The highest BCUT2D eigenvalue weighted by Crippen LogP contribution is 2.43. The van der Waals surface area contributed by atoms with E-state index in [0.717, 1.165) is 22.3 Å². The largest absolute Gasteiger partial charge is 0.458 e. The second kappa shape index (κ2) is 11.6. The Kier molecular flexibility index (Phi) is 7.16. The van der Waals surface area contributed by atoms with Crippen LogP contribution in [0.1, 0.15) is 27.9 Å². The third-order valence-electron chi connectivity index (χ3n) is 7.97. The molecule has 1 aliphatic heterocycles. The van der Waals surface area contributed by atoms with Crippen molar-refractivity contribution in [2.75, 3.05) is 5.73 Å². The van der Waals surface area contributed by atoms with Crippen LogP contribution in [0.5, 0.6) is 0 Å². The van der Waals surface area contributed by atoms with Crippen LogP contribution in [0.4, 0.5) is 10.1 Å². The Morgan fingerprint density at radius 3 is 1.86 bits per heavy atom. The molecular weight excluding hydrogens is 549 g/mol. The number of allylic oxidation sites excluding steroid dienone is 1. The zero-order chi connectivity index (χ0) is 29.9. The van der Waals surface area contributed by atoms with Gasteiger partial charge in [-0.1, -0.05) is 121 Å². The molecule has 5 nitrogen and oxygen atoms in total. The summed E-state index contributed by atoms with van der Waals surface area (Å²) in [6.45, 7) is 0. The lowest BCUT2D eigenvalue weighted by atomic mass is 9.77. The van der Waals surface area contributed by atoms with Crippen LogP contribution in [0.25, 0.3) is 17.0 Å². The number of halogens is 1. The second-order valence-electron chi connectivity index (χ2n) is 10.7. The molecular formula is C38H30FN3O2. The Balaban J connectivity index is 1.38. The van der Waals surface area contributed by atoms with Crippen LogP contribution in [0.3, 0.4) is 0 Å². The monoisotopic (exact) mass is 579 g/mol. The van der Waals surface area contributed by atoms with Crippen molar-refractivity contribution >= 4 is 22.7 Å². The quantitative estimate of drug-likeness (QED) is 0.146. The summed E-state index contributed by atoms with van der Waals surface area (Å²) in [5, 5.41) is 5.92. The zero-order valence-corrected chi connectivity index (χ0v) is 23.9. The molecule has 0 bridgehead atoms. The van der Waals surface area contributed by atoms with Crippen molar-refractivity contribution in [3.63, 3.8) is 0 Å². The van der Waals surface area contributed by atoms with Crippen molar-refractivity contribution in [3.05, 3.63) is 185 Å². The first-order valence-corrected chi connectivity index (χ1v) is 14.5. The van der Waals surface area contributed by atoms with Gasteiger partial charge in [-0.05, 0) is 40.5 Å². The van der Waals surface area contributed by atoms with Gasteiger partial charge in [-0.2, -0.15) is 5.10 Å². The van der Waals surface area contributed by atoms with Crippen molar-refractivity contribution < 1.29 is 13.9 Å². The minimum atomic E-state index is -0.927. The molecule has 0 saturated carbocycles. The molecule has 5 aromatic carbocycles. The average molecular weight is 580 g/mol. The summed E-state index contributed by atoms with van der Waals surface area (Å²) in [5.41, 5.74) is 10.5. The predicted octanol–water partition coefficient (Wildman–Crippen LogP) is 8.07. The van der Waals surface area contributed by atoms with Gasteiger partial charge in [-0.3, -0.25) is 0 Å². The van der Waals surface area contributed by atoms with E-state index in [4.69, 9.17) is 20.3 Å². The Bertz CT molecular complexity index is 1860. The van der Waals surface area contributed by atoms with Gasteiger partial charge in [0, 0.05) is 17.9 Å². The van der Waals surface area contributed by atoms with Crippen molar-refractivity contribution in [1.29, 1.82) is 0 Å². The summed E-state index contributed by atoms with van der Waals surface area (Å²) in [6, 6.07) is 43.7. The van der Waals surface area contributed by atoms with Gasteiger partial charge in [-0.25, -0.2) is 9.07 Å². The van der Waals surface area contributed by atoms with Gasteiger partial charge in [0.1, 0.15) is 17.6 Å². The van der Waals surface area contributed by atoms with Crippen molar-refractivity contribution in [2.24, 2.45) is 0 Å². The Labute approximate surface area is 255 Å². The first kappa shape index (κ1) is 27.2. The lowest BCUT2D eigenvalue weighted by Gasteiger charge is -2.37. The van der Waals surface area contributed by atoms with Gasteiger partial charge in [-0.15, -0.1) is 0 Å². The van der Waals surface area contributed by atoms with Gasteiger partial charge < -0.3 is 15.2 Å². The van der Waals surface area contributed by atoms with Crippen molar-refractivity contribution in [2.45, 2.75) is 18.2 Å². The number of anilines is 1. The van der Waals surface area contributed by atoms with Gasteiger partial charge in [0.15, 0.2) is 5.76 Å². The number of fused-ring (bicyclic) bond motifs is 1. The molecule has 2 N–H and O–H groups in total. The molecule has 1 aliphatic rings. The van der Waals surface area contributed by atoms with Gasteiger partial charge in [0.2, 0.25) is 6.29 Å². The van der Waals surface area contributed by atoms with Crippen LogP contribution in [0.15, 0.2) is 152 Å². The van der Waals surface area contributed by atoms with E-state index in [0.29, 0.717) is 28.8 Å². The Morgan fingerprint density at radius 2 is 1.30 bits per heavy atom. The summed E-state index contributed by atoms with van der Waals surface area (Å²) < 4.78 is 29.0. The molecule has 0 amide bonds. The topological polar surface area (TPSA) is 62.3 Å². The van der Waals surface area contributed by atoms with E-state index in [1.807, 2.05) is 102 Å². The summed E-state index contributed by atoms with van der Waals surface area (Å²) in [5.74, 6) is 0.0698. The van der Waals surface area contributed by atoms with Gasteiger partial charge in [0.05, 0.1) is 16.9 Å². The first-order chi connectivity index (χ1) is 21.6. The molecule has 0 fully saturated rings. The number of nitrogens with two attached hydrogens (primary N) is 1. The molecule has 0 saturated heterocycles. The fourth-order valence-corrected chi connectivity index (χ4v) is 5.95. The highest BCUT2D eigenvalue weighted by Gasteiger charge is 2.41. The standard InChI is InChI=1S/C38H30FN3O2/c39-33-25-36-32(24-34(33)40)35(22-21-31-26-43-37(44-31)23-27-13-5-1-6-14-27)41-42(36)38(28-15-7-2-8-16-28,29-17-9-3-10-18-29)30-19-11-4-12-20-30/h1-22,24-26,37H,23,40H2. The highest BCUT2D eigenvalue weighted by molar-refractivity contribution is 5.91. The third kappa shape index (κ3) is 4.90. The molecule has 6 aromatic rings.